The summed E-state index contributed by atoms with van der Waals surface area (Å²) < 4.78 is 0. The van der Waals surface area contributed by atoms with Gasteiger partial charge >= 0.3 is 0 Å². The van der Waals surface area contributed by atoms with Gasteiger partial charge in [0.15, 0.2) is 0 Å². The van der Waals surface area contributed by atoms with Gasteiger partial charge in [0.1, 0.15) is 5.82 Å². The Hall–Kier alpha value is -2.93. The molecule has 1 saturated carbocycles. The maximum atomic E-state index is 12.7. The van der Waals surface area contributed by atoms with Crippen LogP contribution in [0, 0.1) is 5.92 Å². The number of hydrogen-bond donors (Lipinski definition) is 3. The molecule has 2 aromatic heterocycles. The number of fused-ring (bicyclic) bond motifs is 1. The van der Waals surface area contributed by atoms with Crippen LogP contribution in [0.25, 0.3) is 10.9 Å². The zero-order chi connectivity index (χ0) is 23.3. The highest BCUT2D eigenvalue weighted by molar-refractivity contribution is 5.93. The van der Waals surface area contributed by atoms with Crippen LogP contribution in [0.4, 0.5) is 11.5 Å². The van der Waals surface area contributed by atoms with Gasteiger partial charge in [-0.05, 0) is 82.4 Å². The molecule has 0 atom stereocenters. The van der Waals surface area contributed by atoms with Crippen molar-refractivity contribution in [2.45, 2.75) is 63.8 Å². The highest BCUT2D eigenvalue weighted by atomic mass is 16.1. The SMILES string of the molecule is CN1CCC(C(=O)Nc2cccc(CCc3n[nH]c4ccnc(NC5CCCCC5)c34)c2)CC1. The van der Waals surface area contributed by atoms with E-state index in [0.29, 0.717) is 6.04 Å². The number of H-pyrrole nitrogens is 1. The van der Waals surface area contributed by atoms with E-state index in [-0.39, 0.29) is 11.8 Å². The molecule has 5 rings (SSSR count). The minimum atomic E-state index is 0.109. The number of carbonyl (C=O) groups is 1. The van der Waals surface area contributed by atoms with Gasteiger partial charge in [-0.25, -0.2) is 4.98 Å². The molecule has 3 heterocycles. The van der Waals surface area contributed by atoms with Crippen molar-refractivity contribution in [2.75, 3.05) is 30.8 Å². The van der Waals surface area contributed by atoms with Crippen LogP contribution in [0.3, 0.4) is 0 Å². The van der Waals surface area contributed by atoms with Gasteiger partial charge in [0, 0.05) is 23.8 Å². The molecule has 7 heteroatoms. The van der Waals surface area contributed by atoms with Gasteiger partial charge in [-0.2, -0.15) is 5.10 Å². The van der Waals surface area contributed by atoms with Crippen LogP contribution in [0.15, 0.2) is 36.5 Å². The Labute approximate surface area is 201 Å². The topological polar surface area (TPSA) is 85.9 Å². The van der Waals surface area contributed by atoms with Crippen molar-refractivity contribution in [1.29, 1.82) is 0 Å². The normalized spacial score (nSPS) is 18.3. The molecule has 1 saturated heterocycles. The summed E-state index contributed by atoms with van der Waals surface area (Å²) in [5.74, 6) is 1.21. The Morgan fingerprint density at radius 2 is 1.91 bits per heavy atom. The van der Waals surface area contributed by atoms with Gasteiger partial charge in [-0.1, -0.05) is 31.4 Å². The van der Waals surface area contributed by atoms with E-state index in [1.165, 1.54) is 37.7 Å². The summed E-state index contributed by atoms with van der Waals surface area (Å²) in [6.45, 7) is 1.98. The number of carbonyl (C=O) groups excluding carboxylic acids is 1. The van der Waals surface area contributed by atoms with Gasteiger partial charge in [0.05, 0.1) is 16.6 Å². The average molecular weight is 461 g/mol. The third-order valence-corrected chi connectivity index (χ3v) is 7.43. The number of hydrogen-bond acceptors (Lipinski definition) is 5. The summed E-state index contributed by atoms with van der Waals surface area (Å²) in [5, 5.41) is 15.8. The first-order valence-corrected chi connectivity index (χ1v) is 12.8. The van der Waals surface area contributed by atoms with Crippen molar-refractivity contribution in [3.05, 3.63) is 47.8 Å². The number of nitrogens with zero attached hydrogens (tertiary/aromatic N) is 3. The largest absolute Gasteiger partial charge is 0.367 e. The Kier molecular flexibility index (Phi) is 7.09. The van der Waals surface area contributed by atoms with Crippen molar-refractivity contribution in [3.63, 3.8) is 0 Å². The molecule has 0 unspecified atom stereocenters. The molecule has 0 radical (unpaired) electrons. The maximum Gasteiger partial charge on any atom is 0.227 e. The number of anilines is 2. The first-order chi connectivity index (χ1) is 16.7. The molecule has 0 spiro atoms. The average Bonchev–Trinajstić information content (AvgIpc) is 3.28. The molecule has 1 aromatic carbocycles. The predicted molar refractivity (Wildman–Crippen MR) is 137 cm³/mol. The number of aromatic amines is 1. The third-order valence-electron chi connectivity index (χ3n) is 7.43. The monoisotopic (exact) mass is 460 g/mol. The number of aryl methyl sites for hydroxylation is 2. The molecule has 3 N–H and O–H groups in total. The quantitative estimate of drug-likeness (QED) is 0.473. The zero-order valence-electron chi connectivity index (χ0n) is 20.1. The van der Waals surface area contributed by atoms with Crippen molar-refractivity contribution in [3.8, 4) is 0 Å². The molecule has 7 nitrogen and oxygen atoms in total. The summed E-state index contributed by atoms with van der Waals surface area (Å²) in [5.41, 5.74) is 4.15. The second-order valence-corrected chi connectivity index (χ2v) is 10.00. The van der Waals surface area contributed by atoms with E-state index in [2.05, 4.69) is 49.9 Å². The smallest absolute Gasteiger partial charge is 0.227 e. The number of pyridine rings is 1. The van der Waals surface area contributed by atoms with Crippen LogP contribution < -0.4 is 10.6 Å². The van der Waals surface area contributed by atoms with Crippen LogP contribution in [0.5, 0.6) is 0 Å². The van der Waals surface area contributed by atoms with E-state index < -0.39 is 0 Å². The van der Waals surface area contributed by atoms with E-state index >= 15 is 0 Å². The van der Waals surface area contributed by atoms with E-state index in [1.54, 1.807) is 0 Å². The van der Waals surface area contributed by atoms with E-state index in [0.717, 1.165) is 66.9 Å². The molecule has 1 aliphatic heterocycles. The minimum Gasteiger partial charge on any atom is -0.367 e. The second-order valence-electron chi connectivity index (χ2n) is 10.00. The van der Waals surface area contributed by atoms with Gasteiger partial charge in [0.25, 0.3) is 0 Å². The number of aromatic nitrogens is 3. The first-order valence-electron chi connectivity index (χ1n) is 12.8. The fraction of sp³-hybridized carbons (Fsp3) is 0.519. The van der Waals surface area contributed by atoms with Crippen LogP contribution >= 0.6 is 0 Å². The Morgan fingerprint density at radius 3 is 2.74 bits per heavy atom. The fourth-order valence-electron chi connectivity index (χ4n) is 5.34. The zero-order valence-corrected chi connectivity index (χ0v) is 20.1. The van der Waals surface area contributed by atoms with Crippen molar-refractivity contribution in [2.24, 2.45) is 5.92 Å². The van der Waals surface area contributed by atoms with Gasteiger partial charge < -0.3 is 15.5 Å². The van der Waals surface area contributed by atoms with Gasteiger partial charge in [-0.3, -0.25) is 9.89 Å². The lowest BCUT2D eigenvalue weighted by Crippen LogP contribution is -2.35. The fourth-order valence-corrected chi connectivity index (χ4v) is 5.34. The summed E-state index contributed by atoms with van der Waals surface area (Å²) in [6, 6.07) is 10.7. The lowest BCUT2D eigenvalue weighted by Gasteiger charge is -2.28. The van der Waals surface area contributed by atoms with Crippen LogP contribution in [-0.2, 0) is 17.6 Å². The number of piperidine rings is 1. The highest BCUT2D eigenvalue weighted by Crippen LogP contribution is 2.28. The Balaban J connectivity index is 1.24. The second kappa shape index (κ2) is 10.6. The number of nitrogens with one attached hydrogen (secondary N) is 3. The summed E-state index contributed by atoms with van der Waals surface area (Å²) in [6.07, 6.45) is 11.7. The van der Waals surface area contributed by atoms with Crippen LogP contribution in [-0.4, -0.2) is 52.2 Å². The molecule has 0 bridgehead atoms. The van der Waals surface area contributed by atoms with E-state index in [4.69, 9.17) is 0 Å². The molecule has 1 amide bonds. The maximum absolute atomic E-state index is 12.7. The van der Waals surface area contributed by atoms with E-state index in [1.807, 2.05) is 24.4 Å². The summed E-state index contributed by atoms with van der Waals surface area (Å²) in [4.78, 5) is 19.7. The number of benzene rings is 1. The summed E-state index contributed by atoms with van der Waals surface area (Å²) >= 11 is 0. The highest BCUT2D eigenvalue weighted by Gasteiger charge is 2.23. The standard InChI is InChI=1S/C27H36N6O/c1-33-16-13-20(14-17-33)27(34)30-22-9-5-6-19(18-22)10-11-23-25-24(32-31-23)12-15-28-26(25)29-21-7-3-2-4-8-21/h5-6,9,12,15,18,20-21H,2-4,7-8,10-11,13-14,16-17H2,1H3,(H,28,29)(H,30,34)(H,31,32). The molecule has 2 aliphatic rings. The molecule has 34 heavy (non-hydrogen) atoms. The number of rotatable bonds is 7. The lowest BCUT2D eigenvalue weighted by molar-refractivity contribution is -0.121. The molecule has 180 valence electrons. The van der Waals surface area contributed by atoms with Crippen molar-refractivity contribution < 1.29 is 4.79 Å². The lowest BCUT2D eigenvalue weighted by atomic mass is 9.95. The molecular weight excluding hydrogens is 424 g/mol. The molecular formula is C27H36N6O. The van der Waals surface area contributed by atoms with Crippen LogP contribution in [0.2, 0.25) is 0 Å². The van der Waals surface area contributed by atoms with E-state index in [9.17, 15) is 4.79 Å². The van der Waals surface area contributed by atoms with Gasteiger partial charge in [-0.15, -0.1) is 0 Å². The molecule has 3 aromatic rings. The summed E-state index contributed by atoms with van der Waals surface area (Å²) in [7, 11) is 2.12. The Bertz CT molecular complexity index is 1110. The molecule has 2 fully saturated rings. The predicted octanol–water partition coefficient (Wildman–Crippen LogP) is 4.77. The van der Waals surface area contributed by atoms with Crippen molar-refractivity contribution >= 4 is 28.3 Å². The number of amides is 1. The Morgan fingerprint density at radius 1 is 1.09 bits per heavy atom. The molecule has 1 aliphatic carbocycles. The third kappa shape index (κ3) is 5.41. The van der Waals surface area contributed by atoms with Crippen molar-refractivity contribution in [1.82, 2.24) is 20.1 Å². The van der Waals surface area contributed by atoms with Gasteiger partial charge in [0.2, 0.25) is 5.91 Å². The van der Waals surface area contributed by atoms with Crippen LogP contribution in [0.1, 0.15) is 56.2 Å². The number of likely N-dealkylation sites (tertiary alicyclic amines) is 1. The minimum absolute atomic E-state index is 0.109. The first kappa shape index (κ1) is 22.8.